The largest absolute Gasteiger partial charge is 0.497 e. The Bertz CT molecular complexity index is 782. The monoisotopic (exact) mass is 331 g/mol. The Morgan fingerprint density at radius 1 is 1.09 bits per heavy atom. The van der Waals surface area contributed by atoms with Crippen LogP contribution in [0.5, 0.6) is 5.75 Å². The van der Waals surface area contributed by atoms with Gasteiger partial charge >= 0.3 is 0 Å². The first-order valence-electron chi connectivity index (χ1n) is 7.19. The summed E-state index contributed by atoms with van der Waals surface area (Å²) in [5.74, 6) is 3.43. The number of hydrogen-bond donors (Lipinski definition) is 0. The molecule has 3 aromatic rings. The zero-order valence-corrected chi connectivity index (χ0v) is 14.0. The molecule has 0 spiro atoms. The lowest BCUT2D eigenvalue weighted by Crippen LogP contribution is -1.95. The molecular weight excluding hydrogens is 314 g/mol. The molecule has 0 bridgehead atoms. The lowest BCUT2D eigenvalue weighted by atomic mass is 10.2. The highest BCUT2D eigenvalue weighted by molar-refractivity contribution is 7.98. The van der Waals surface area contributed by atoms with Gasteiger partial charge in [0.05, 0.1) is 12.9 Å². The van der Waals surface area contributed by atoms with Gasteiger partial charge in [-0.05, 0) is 24.3 Å². The van der Waals surface area contributed by atoms with Gasteiger partial charge in [-0.3, -0.25) is 0 Å². The van der Waals surface area contributed by atoms with Gasteiger partial charge in [0.25, 0.3) is 0 Å². The van der Waals surface area contributed by atoms with E-state index in [0.29, 0.717) is 17.5 Å². The second-order valence-corrected chi connectivity index (χ2v) is 5.77. The molecule has 0 saturated carbocycles. The third-order valence-corrected chi connectivity index (χ3v) is 4.32. The Labute approximate surface area is 138 Å². The Hall–Kier alpha value is -2.35. The van der Waals surface area contributed by atoms with Crippen LogP contribution >= 0.6 is 11.8 Å². The van der Waals surface area contributed by atoms with E-state index in [9.17, 15) is 0 Å². The lowest BCUT2D eigenvalue weighted by molar-refractivity contribution is 0.415. The summed E-state index contributed by atoms with van der Waals surface area (Å²) in [6.07, 6.45) is 0.739. The van der Waals surface area contributed by atoms with E-state index in [4.69, 9.17) is 9.15 Å². The topological polar surface area (TPSA) is 78.9 Å². The number of thioether (sulfide) groups is 1. The molecular formula is C15H17N5O2S. The average molecular weight is 331 g/mol. The summed E-state index contributed by atoms with van der Waals surface area (Å²) >= 11 is 1.52. The molecule has 0 saturated heterocycles. The van der Waals surface area contributed by atoms with Crippen LogP contribution in [0.4, 0.5) is 0 Å². The third-order valence-electron chi connectivity index (χ3n) is 3.32. The second kappa shape index (κ2) is 6.82. The zero-order chi connectivity index (χ0) is 16.2. The van der Waals surface area contributed by atoms with Crippen molar-refractivity contribution >= 4 is 11.8 Å². The van der Waals surface area contributed by atoms with Gasteiger partial charge < -0.3 is 13.7 Å². The van der Waals surface area contributed by atoms with E-state index in [2.05, 4.69) is 20.4 Å². The lowest BCUT2D eigenvalue weighted by Gasteiger charge is -2.04. The fourth-order valence-corrected chi connectivity index (χ4v) is 2.80. The van der Waals surface area contributed by atoms with Crippen LogP contribution in [0.1, 0.15) is 18.7 Å². The van der Waals surface area contributed by atoms with E-state index in [1.54, 1.807) is 7.11 Å². The maximum atomic E-state index is 5.50. The van der Waals surface area contributed by atoms with Crippen LogP contribution in [-0.2, 0) is 19.2 Å². The van der Waals surface area contributed by atoms with E-state index >= 15 is 0 Å². The molecule has 2 heterocycles. The minimum Gasteiger partial charge on any atom is -0.497 e. The highest BCUT2D eigenvalue weighted by Gasteiger charge is 2.13. The Balaban J connectivity index is 1.73. The highest BCUT2D eigenvalue weighted by atomic mass is 32.2. The molecule has 3 rings (SSSR count). The maximum absolute atomic E-state index is 5.50. The molecule has 0 radical (unpaired) electrons. The maximum Gasteiger partial charge on any atom is 0.226 e. The summed E-state index contributed by atoms with van der Waals surface area (Å²) in [6.45, 7) is 1.98. The van der Waals surface area contributed by atoms with Crippen LogP contribution in [0.2, 0.25) is 0 Å². The summed E-state index contributed by atoms with van der Waals surface area (Å²) < 4.78 is 12.6. The van der Waals surface area contributed by atoms with Crippen LogP contribution in [0.25, 0.3) is 11.4 Å². The number of hydrogen-bond acceptors (Lipinski definition) is 7. The molecule has 120 valence electrons. The van der Waals surface area contributed by atoms with Crippen molar-refractivity contribution in [3.63, 3.8) is 0 Å². The van der Waals surface area contributed by atoms with Crippen molar-refractivity contribution in [3.05, 3.63) is 36.0 Å². The molecule has 8 heteroatoms. The first-order valence-corrected chi connectivity index (χ1v) is 8.17. The first-order chi connectivity index (χ1) is 11.2. The number of aryl methyl sites for hydroxylation is 1. The van der Waals surface area contributed by atoms with Gasteiger partial charge in [-0.15, -0.1) is 20.4 Å². The minimum absolute atomic E-state index is 0.571. The molecule has 0 unspecified atom stereocenters. The first kappa shape index (κ1) is 15.5. The van der Waals surface area contributed by atoms with E-state index in [-0.39, 0.29) is 0 Å². The normalized spacial score (nSPS) is 10.9. The molecule has 1 aromatic carbocycles. The summed E-state index contributed by atoms with van der Waals surface area (Å²) in [4.78, 5) is 0. The smallest absolute Gasteiger partial charge is 0.226 e. The second-order valence-electron chi connectivity index (χ2n) is 4.83. The molecule has 2 aromatic heterocycles. The number of aromatic nitrogens is 5. The molecule has 23 heavy (non-hydrogen) atoms. The van der Waals surface area contributed by atoms with Crippen LogP contribution in [-0.4, -0.2) is 32.1 Å². The molecule has 0 N–H and O–H groups in total. The summed E-state index contributed by atoms with van der Waals surface area (Å²) in [5.41, 5.74) is 0.985. The van der Waals surface area contributed by atoms with Gasteiger partial charge in [0.2, 0.25) is 11.8 Å². The fourth-order valence-electron chi connectivity index (χ4n) is 2.05. The molecule has 0 aliphatic heterocycles. The molecule has 7 nitrogen and oxygen atoms in total. The summed E-state index contributed by atoms with van der Waals surface area (Å²) in [5, 5.41) is 17.3. The quantitative estimate of drug-likeness (QED) is 0.643. The molecule has 0 atom stereocenters. The Morgan fingerprint density at radius 2 is 1.83 bits per heavy atom. The average Bonchev–Trinajstić information content (AvgIpc) is 3.19. The number of ether oxygens (including phenoxy) is 1. The Morgan fingerprint density at radius 3 is 2.48 bits per heavy atom. The van der Waals surface area contributed by atoms with E-state index in [1.807, 2.05) is 42.8 Å². The van der Waals surface area contributed by atoms with Crippen LogP contribution < -0.4 is 4.74 Å². The number of benzene rings is 1. The minimum atomic E-state index is 0.571. The molecule has 0 fully saturated rings. The number of nitrogens with zero attached hydrogens (tertiary/aromatic N) is 5. The van der Waals surface area contributed by atoms with Crippen molar-refractivity contribution < 1.29 is 9.15 Å². The van der Waals surface area contributed by atoms with E-state index in [1.165, 1.54) is 11.8 Å². The predicted octanol–water partition coefficient (Wildman–Crippen LogP) is 2.73. The van der Waals surface area contributed by atoms with Crippen molar-refractivity contribution in [3.8, 4) is 17.1 Å². The number of rotatable bonds is 6. The van der Waals surface area contributed by atoms with Crippen molar-refractivity contribution in [1.82, 2.24) is 25.0 Å². The van der Waals surface area contributed by atoms with Gasteiger partial charge in [-0.25, -0.2) is 0 Å². The molecule has 0 amide bonds. The SMILES string of the molecule is CCc1nnc(CSc2nnc(-c3ccc(OC)cc3)n2C)o1. The van der Waals surface area contributed by atoms with Crippen molar-refractivity contribution in [1.29, 1.82) is 0 Å². The van der Waals surface area contributed by atoms with E-state index in [0.717, 1.165) is 28.7 Å². The fraction of sp³-hybridized carbons (Fsp3) is 0.333. The van der Waals surface area contributed by atoms with Crippen molar-refractivity contribution in [2.45, 2.75) is 24.3 Å². The molecule has 0 aliphatic carbocycles. The van der Waals surface area contributed by atoms with Gasteiger partial charge in [0.15, 0.2) is 11.0 Å². The van der Waals surface area contributed by atoms with Gasteiger partial charge in [-0.1, -0.05) is 18.7 Å². The highest BCUT2D eigenvalue weighted by Crippen LogP contribution is 2.26. The standard InChI is InChI=1S/C15H17N5O2S/c1-4-12-16-17-13(22-12)9-23-15-19-18-14(20(15)2)10-5-7-11(21-3)8-6-10/h5-8H,4,9H2,1-3H3. The van der Waals surface area contributed by atoms with Crippen molar-refractivity contribution in [2.75, 3.05) is 7.11 Å². The Kier molecular flexibility index (Phi) is 4.61. The third kappa shape index (κ3) is 3.37. The summed E-state index contributed by atoms with van der Waals surface area (Å²) in [7, 11) is 3.58. The summed E-state index contributed by atoms with van der Waals surface area (Å²) in [6, 6.07) is 7.73. The van der Waals surface area contributed by atoms with Crippen LogP contribution in [0.3, 0.4) is 0 Å². The van der Waals surface area contributed by atoms with Crippen LogP contribution in [0.15, 0.2) is 33.8 Å². The predicted molar refractivity (Wildman–Crippen MR) is 86.2 cm³/mol. The molecule has 0 aliphatic rings. The van der Waals surface area contributed by atoms with Crippen LogP contribution in [0, 0.1) is 0 Å². The van der Waals surface area contributed by atoms with E-state index < -0.39 is 0 Å². The zero-order valence-electron chi connectivity index (χ0n) is 13.2. The van der Waals surface area contributed by atoms with Gasteiger partial charge in [0, 0.05) is 19.0 Å². The van der Waals surface area contributed by atoms with Crippen molar-refractivity contribution in [2.24, 2.45) is 7.05 Å². The van der Waals surface area contributed by atoms with Gasteiger partial charge in [-0.2, -0.15) is 0 Å². The number of methoxy groups -OCH3 is 1. The van der Waals surface area contributed by atoms with Gasteiger partial charge in [0.1, 0.15) is 5.75 Å².